The molecule has 5 heteroatoms. The highest BCUT2D eigenvalue weighted by Crippen LogP contribution is 2.18. The highest BCUT2D eigenvalue weighted by Gasteiger charge is 2.11. The maximum absolute atomic E-state index is 12.0. The highest BCUT2D eigenvalue weighted by atomic mass is 35.5. The zero-order chi connectivity index (χ0) is 13.7. The van der Waals surface area contributed by atoms with Gasteiger partial charge < -0.3 is 10.1 Å². The normalized spacial score (nSPS) is 9.65. The number of rotatable bonds is 4. The zero-order valence-electron chi connectivity index (χ0n) is 11.1. The van der Waals surface area contributed by atoms with Crippen LogP contribution in [0, 0.1) is 0 Å². The summed E-state index contributed by atoms with van der Waals surface area (Å²) in [6.07, 6.45) is 0. The lowest BCUT2D eigenvalue weighted by Crippen LogP contribution is -2.30. The molecule has 0 spiro atoms. The lowest BCUT2D eigenvalue weighted by Gasteiger charge is -2.07. The Balaban J connectivity index is 0.00000200. The van der Waals surface area contributed by atoms with E-state index in [1.807, 2.05) is 36.4 Å². The number of hydrogen-bond acceptors (Lipinski definition) is 3. The number of ether oxygens (including phenoxy) is 1. The van der Waals surface area contributed by atoms with Gasteiger partial charge in [-0.15, -0.1) is 12.4 Å². The van der Waals surface area contributed by atoms with Gasteiger partial charge in [-0.25, -0.2) is 0 Å². The third kappa shape index (κ3) is 3.71. The van der Waals surface area contributed by atoms with E-state index < -0.39 is 5.97 Å². The van der Waals surface area contributed by atoms with Crippen molar-refractivity contribution in [2.45, 2.75) is 6.92 Å². The smallest absolute Gasteiger partial charge is 0.325 e. The summed E-state index contributed by atoms with van der Waals surface area (Å²) in [5.41, 5.74) is 0.558. The molecule has 2 aromatic rings. The van der Waals surface area contributed by atoms with Crippen LogP contribution in [0.5, 0.6) is 0 Å². The Kier molecular flexibility index (Phi) is 6.00. The number of hydrogen-bond donors (Lipinski definition) is 1. The van der Waals surface area contributed by atoms with Crippen LogP contribution in [0.15, 0.2) is 42.5 Å². The second-order valence-corrected chi connectivity index (χ2v) is 4.01. The Morgan fingerprint density at radius 1 is 1.10 bits per heavy atom. The maximum atomic E-state index is 12.0. The standard InChI is InChI=1S/C15H15NO3.ClH/c1-2-19-14(17)10-16-15(18)13-9-5-7-11-6-3-4-8-12(11)13;/h3-9H,2,10H2,1H3,(H,16,18);1H. The molecular formula is C15H16ClNO3. The van der Waals surface area contributed by atoms with Crippen LogP contribution < -0.4 is 5.32 Å². The molecule has 0 heterocycles. The second-order valence-electron chi connectivity index (χ2n) is 4.01. The van der Waals surface area contributed by atoms with Crippen LogP contribution in [-0.4, -0.2) is 25.0 Å². The van der Waals surface area contributed by atoms with Gasteiger partial charge in [-0.2, -0.15) is 0 Å². The van der Waals surface area contributed by atoms with Crippen LogP contribution in [0.3, 0.4) is 0 Å². The number of halogens is 1. The predicted octanol–water partition coefficient (Wildman–Crippen LogP) is 2.55. The fourth-order valence-corrected chi connectivity index (χ4v) is 1.88. The van der Waals surface area contributed by atoms with Crippen molar-refractivity contribution in [3.8, 4) is 0 Å². The fraction of sp³-hybridized carbons (Fsp3) is 0.200. The van der Waals surface area contributed by atoms with Crippen molar-refractivity contribution in [2.75, 3.05) is 13.2 Å². The summed E-state index contributed by atoms with van der Waals surface area (Å²) in [5, 5.41) is 4.42. The number of carbonyl (C=O) groups is 2. The van der Waals surface area contributed by atoms with E-state index in [4.69, 9.17) is 4.74 Å². The molecule has 1 amide bonds. The minimum atomic E-state index is -0.434. The highest BCUT2D eigenvalue weighted by molar-refractivity contribution is 6.07. The monoisotopic (exact) mass is 293 g/mol. The van der Waals surface area contributed by atoms with E-state index in [0.29, 0.717) is 12.2 Å². The molecule has 4 nitrogen and oxygen atoms in total. The largest absolute Gasteiger partial charge is 0.465 e. The van der Waals surface area contributed by atoms with Gasteiger partial charge in [0.25, 0.3) is 5.91 Å². The van der Waals surface area contributed by atoms with Crippen LogP contribution in [-0.2, 0) is 9.53 Å². The number of carbonyl (C=O) groups excluding carboxylic acids is 2. The van der Waals surface area contributed by atoms with Crippen LogP contribution in [0.25, 0.3) is 10.8 Å². The Hall–Kier alpha value is -2.07. The molecule has 0 fully saturated rings. The van der Waals surface area contributed by atoms with Crippen molar-refractivity contribution in [3.05, 3.63) is 48.0 Å². The van der Waals surface area contributed by atoms with E-state index >= 15 is 0 Å². The van der Waals surface area contributed by atoms with Gasteiger partial charge in [-0.1, -0.05) is 36.4 Å². The van der Waals surface area contributed by atoms with Gasteiger partial charge >= 0.3 is 5.97 Å². The van der Waals surface area contributed by atoms with Gasteiger partial charge in [0, 0.05) is 5.56 Å². The lowest BCUT2D eigenvalue weighted by molar-refractivity contribution is -0.141. The van der Waals surface area contributed by atoms with E-state index in [1.165, 1.54) is 0 Å². The van der Waals surface area contributed by atoms with E-state index in [1.54, 1.807) is 13.0 Å². The second kappa shape index (κ2) is 7.50. The molecule has 0 aliphatic rings. The third-order valence-corrected chi connectivity index (χ3v) is 2.73. The molecule has 0 bridgehead atoms. The Morgan fingerprint density at radius 2 is 1.80 bits per heavy atom. The first-order chi connectivity index (χ1) is 9.22. The number of fused-ring (bicyclic) bond motifs is 1. The molecule has 0 aliphatic carbocycles. The Morgan fingerprint density at radius 3 is 2.55 bits per heavy atom. The summed E-state index contributed by atoms with van der Waals surface area (Å²) in [5.74, 6) is -0.707. The molecule has 0 saturated heterocycles. The van der Waals surface area contributed by atoms with Crippen LogP contribution in [0.1, 0.15) is 17.3 Å². The molecule has 0 unspecified atom stereocenters. The topological polar surface area (TPSA) is 55.4 Å². The van der Waals surface area contributed by atoms with Gasteiger partial charge in [0.2, 0.25) is 0 Å². The average molecular weight is 294 g/mol. The SMILES string of the molecule is CCOC(=O)CNC(=O)c1cccc2ccccc12.Cl. The van der Waals surface area contributed by atoms with Gasteiger partial charge in [0.15, 0.2) is 0 Å². The molecule has 106 valence electrons. The number of benzene rings is 2. The van der Waals surface area contributed by atoms with E-state index in [2.05, 4.69) is 5.32 Å². The van der Waals surface area contributed by atoms with E-state index in [0.717, 1.165) is 10.8 Å². The summed E-state index contributed by atoms with van der Waals surface area (Å²) in [7, 11) is 0. The van der Waals surface area contributed by atoms with Gasteiger partial charge in [0.05, 0.1) is 6.61 Å². The molecule has 2 rings (SSSR count). The minimum Gasteiger partial charge on any atom is -0.465 e. The predicted molar refractivity (Wildman–Crippen MR) is 80.2 cm³/mol. The van der Waals surface area contributed by atoms with E-state index in [-0.39, 0.29) is 24.9 Å². The quantitative estimate of drug-likeness (QED) is 0.882. The molecule has 1 N–H and O–H groups in total. The molecule has 0 atom stereocenters. The maximum Gasteiger partial charge on any atom is 0.325 e. The summed E-state index contributed by atoms with van der Waals surface area (Å²) in [6.45, 7) is 1.92. The molecule has 2 aromatic carbocycles. The molecular weight excluding hydrogens is 278 g/mol. The lowest BCUT2D eigenvalue weighted by atomic mass is 10.0. The van der Waals surface area contributed by atoms with Crippen LogP contribution in [0.2, 0.25) is 0 Å². The summed E-state index contributed by atoms with van der Waals surface area (Å²) >= 11 is 0. The first kappa shape index (κ1) is 16.0. The summed E-state index contributed by atoms with van der Waals surface area (Å²) < 4.78 is 4.76. The molecule has 0 aromatic heterocycles. The van der Waals surface area contributed by atoms with Gasteiger partial charge in [-0.3, -0.25) is 9.59 Å². The summed E-state index contributed by atoms with van der Waals surface area (Å²) in [6, 6.07) is 13.1. The molecule has 0 radical (unpaired) electrons. The van der Waals surface area contributed by atoms with E-state index in [9.17, 15) is 9.59 Å². The summed E-state index contributed by atoms with van der Waals surface area (Å²) in [4.78, 5) is 23.3. The Labute approximate surface area is 123 Å². The number of esters is 1. The minimum absolute atomic E-state index is 0. The first-order valence-electron chi connectivity index (χ1n) is 6.14. The average Bonchev–Trinajstić information content (AvgIpc) is 2.44. The van der Waals surface area contributed by atoms with Crippen LogP contribution in [0.4, 0.5) is 0 Å². The molecule has 0 saturated carbocycles. The van der Waals surface area contributed by atoms with Crippen molar-refractivity contribution in [1.29, 1.82) is 0 Å². The fourth-order valence-electron chi connectivity index (χ4n) is 1.88. The number of amides is 1. The van der Waals surface area contributed by atoms with Crippen molar-refractivity contribution < 1.29 is 14.3 Å². The van der Waals surface area contributed by atoms with Crippen LogP contribution >= 0.6 is 12.4 Å². The molecule has 20 heavy (non-hydrogen) atoms. The van der Waals surface area contributed by atoms with Crippen molar-refractivity contribution in [1.82, 2.24) is 5.32 Å². The number of nitrogens with one attached hydrogen (secondary N) is 1. The van der Waals surface area contributed by atoms with Crippen molar-refractivity contribution in [3.63, 3.8) is 0 Å². The van der Waals surface area contributed by atoms with Gasteiger partial charge in [0.1, 0.15) is 6.54 Å². The Bertz CT molecular complexity index is 608. The third-order valence-electron chi connectivity index (χ3n) is 2.73. The van der Waals surface area contributed by atoms with Crippen molar-refractivity contribution in [2.24, 2.45) is 0 Å². The van der Waals surface area contributed by atoms with Crippen molar-refractivity contribution >= 4 is 35.1 Å². The van der Waals surface area contributed by atoms with Gasteiger partial charge in [-0.05, 0) is 23.8 Å². The first-order valence-corrected chi connectivity index (χ1v) is 6.14. The molecule has 0 aliphatic heterocycles. The zero-order valence-corrected chi connectivity index (χ0v) is 11.9.